The molecule has 5 nitrogen and oxygen atoms in total. The number of nitrogens with zero attached hydrogens (tertiary/aromatic N) is 2. The summed E-state index contributed by atoms with van der Waals surface area (Å²) in [5, 5.41) is 4.08. The lowest BCUT2D eigenvalue weighted by atomic mass is 10.1. The molecule has 1 heterocycles. The van der Waals surface area contributed by atoms with Gasteiger partial charge in [0, 0.05) is 22.6 Å². The molecular weight excluding hydrogens is 350 g/mol. The lowest BCUT2D eigenvalue weighted by Crippen LogP contribution is -2.24. The Morgan fingerprint density at radius 3 is 2.39 bits per heavy atom. The molecule has 3 rings (SSSR count). The Labute approximate surface area is 165 Å². The van der Waals surface area contributed by atoms with E-state index < -0.39 is 0 Å². The van der Waals surface area contributed by atoms with Gasteiger partial charge in [-0.3, -0.25) is 4.79 Å². The number of hydrogen-bond donors (Lipinski definition) is 1. The van der Waals surface area contributed by atoms with Gasteiger partial charge in [-0.2, -0.15) is 5.10 Å². The first-order chi connectivity index (χ1) is 13.4. The fourth-order valence-electron chi connectivity index (χ4n) is 3.27. The monoisotopic (exact) mass is 375 g/mol. The number of carbonyl (C=O) groups is 1. The molecule has 0 saturated heterocycles. The van der Waals surface area contributed by atoms with Gasteiger partial charge in [-0.05, 0) is 69.2 Å². The Morgan fingerprint density at radius 1 is 1.04 bits per heavy atom. The van der Waals surface area contributed by atoms with E-state index in [0.717, 1.165) is 22.6 Å². The van der Waals surface area contributed by atoms with Crippen molar-refractivity contribution in [2.75, 3.05) is 6.61 Å². The SMILES string of the molecule is Cc1cc(C)cc(-n2c(C)cc(/C=N\NC(=O)COc3ccccc3)c2C)c1. The highest BCUT2D eigenvalue weighted by Gasteiger charge is 2.10. The molecule has 1 N–H and O–H groups in total. The molecule has 0 atom stereocenters. The van der Waals surface area contributed by atoms with Crippen LogP contribution in [0, 0.1) is 27.7 Å². The van der Waals surface area contributed by atoms with Gasteiger partial charge in [0.05, 0.1) is 6.21 Å². The Balaban J connectivity index is 1.67. The van der Waals surface area contributed by atoms with Crippen LogP contribution < -0.4 is 10.2 Å². The van der Waals surface area contributed by atoms with Crippen molar-refractivity contribution in [3.05, 3.63) is 82.7 Å². The highest BCUT2D eigenvalue weighted by Crippen LogP contribution is 2.21. The van der Waals surface area contributed by atoms with E-state index in [2.05, 4.69) is 60.1 Å². The summed E-state index contributed by atoms with van der Waals surface area (Å²) in [5.41, 5.74) is 9.24. The molecule has 0 bridgehead atoms. The van der Waals surface area contributed by atoms with Crippen LogP contribution in [0.2, 0.25) is 0 Å². The van der Waals surface area contributed by atoms with Crippen molar-refractivity contribution in [3.63, 3.8) is 0 Å². The number of hydrazone groups is 1. The molecule has 0 spiro atoms. The zero-order valence-electron chi connectivity index (χ0n) is 16.7. The summed E-state index contributed by atoms with van der Waals surface area (Å²) in [4.78, 5) is 11.9. The van der Waals surface area contributed by atoms with E-state index in [-0.39, 0.29) is 12.5 Å². The van der Waals surface area contributed by atoms with Crippen LogP contribution in [0.5, 0.6) is 5.75 Å². The number of ether oxygens (including phenoxy) is 1. The maximum atomic E-state index is 11.9. The summed E-state index contributed by atoms with van der Waals surface area (Å²) in [5.74, 6) is 0.349. The minimum Gasteiger partial charge on any atom is -0.484 e. The van der Waals surface area contributed by atoms with Gasteiger partial charge < -0.3 is 9.30 Å². The fourth-order valence-corrected chi connectivity index (χ4v) is 3.27. The Hall–Kier alpha value is -3.34. The number of para-hydroxylation sites is 1. The normalized spacial score (nSPS) is 11.0. The molecular formula is C23H25N3O2. The van der Waals surface area contributed by atoms with E-state index in [0.29, 0.717) is 5.75 Å². The molecule has 1 amide bonds. The van der Waals surface area contributed by atoms with Crippen LogP contribution in [0.15, 0.2) is 59.7 Å². The summed E-state index contributed by atoms with van der Waals surface area (Å²) < 4.78 is 7.60. The molecule has 0 saturated carbocycles. The van der Waals surface area contributed by atoms with Crippen LogP contribution in [0.3, 0.4) is 0 Å². The smallest absolute Gasteiger partial charge is 0.277 e. The van der Waals surface area contributed by atoms with Crippen molar-refractivity contribution in [1.82, 2.24) is 9.99 Å². The first-order valence-corrected chi connectivity index (χ1v) is 9.21. The third kappa shape index (κ3) is 4.68. The molecule has 3 aromatic rings. The number of aryl methyl sites for hydroxylation is 3. The average molecular weight is 375 g/mol. The molecule has 2 aromatic carbocycles. The molecule has 28 heavy (non-hydrogen) atoms. The molecule has 0 radical (unpaired) electrons. The zero-order chi connectivity index (χ0) is 20.1. The van der Waals surface area contributed by atoms with Crippen molar-refractivity contribution in [2.45, 2.75) is 27.7 Å². The number of carbonyl (C=O) groups excluding carboxylic acids is 1. The summed E-state index contributed by atoms with van der Waals surface area (Å²) >= 11 is 0. The fraction of sp³-hybridized carbons (Fsp3) is 0.217. The van der Waals surface area contributed by atoms with Crippen molar-refractivity contribution in [3.8, 4) is 11.4 Å². The van der Waals surface area contributed by atoms with Crippen molar-refractivity contribution in [2.24, 2.45) is 5.10 Å². The second kappa shape index (κ2) is 8.57. The highest BCUT2D eigenvalue weighted by atomic mass is 16.5. The van der Waals surface area contributed by atoms with Crippen LogP contribution in [0.25, 0.3) is 5.69 Å². The molecule has 0 fully saturated rings. The van der Waals surface area contributed by atoms with Gasteiger partial charge >= 0.3 is 0 Å². The van der Waals surface area contributed by atoms with Gasteiger partial charge in [0.25, 0.3) is 5.91 Å². The van der Waals surface area contributed by atoms with E-state index in [4.69, 9.17) is 4.74 Å². The number of aromatic nitrogens is 1. The lowest BCUT2D eigenvalue weighted by Gasteiger charge is -2.11. The first-order valence-electron chi connectivity index (χ1n) is 9.21. The van der Waals surface area contributed by atoms with Crippen molar-refractivity contribution in [1.29, 1.82) is 0 Å². The molecule has 144 valence electrons. The predicted molar refractivity (Wildman–Crippen MR) is 112 cm³/mol. The van der Waals surface area contributed by atoms with Gasteiger partial charge in [-0.25, -0.2) is 5.43 Å². The number of amides is 1. The predicted octanol–water partition coefficient (Wildman–Crippen LogP) is 4.24. The third-order valence-corrected chi connectivity index (χ3v) is 4.44. The van der Waals surface area contributed by atoms with Crippen molar-refractivity contribution >= 4 is 12.1 Å². The molecule has 5 heteroatoms. The topological polar surface area (TPSA) is 55.6 Å². The number of rotatable bonds is 6. The number of nitrogens with one attached hydrogen (secondary N) is 1. The Morgan fingerprint density at radius 2 is 1.71 bits per heavy atom. The second-order valence-electron chi connectivity index (χ2n) is 6.90. The van der Waals surface area contributed by atoms with Gasteiger partial charge in [0.2, 0.25) is 0 Å². The molecule has 1 aromatic heterocycles. The maximum absolute atomic E-state index is 11.9. The lowest BCUT2D eigenvalue weighted by molar-refractivity contribution is -0.123. The van der Waals surface area contributed by atoms with E-state index in [9.17, 15) is 4.79 Å². The van der Waals surface area contributed by atoms with E-state index in [1.54, 1.807) is 18.3 Å². The highest BCUT2D eigenvalue weighted by molar-refractivity contribution is 5.84. The van der Waals surface area contributed by atoms with Gasteiger partial charge in [-0.1, -0.05) is 24.3 Å². The van der Waals surface area contributed by atoms with Gasteiger partial charge in [0.15, 0.2) is 6.61 Å². The second-order valence-corrected chi connectivity index (χ2v) is 6.90. The Bertz CT molecular complexity index is 984. The number of hydrogen-bond acceptors (Lipinski definition) is 3. The minimum absolute atomic E-state index is 0.0804. The molecule has 0 unspecified atom stereocenters. The maximum Gasteiger partial charge on any atom is 0.277 e. The Kier molecular flexibility index (Phi) is 5.94. The first kappa shape index (κ1) is 19.4. The average Bonchev–Trinajstić information content (AvgIpc) is 2.93. The summed E-state index contributed by atoms with van der Waals surface area (Å²) in [6.07, 6.45) is 1.67. The largest absolute Gasteiger partial charge is 0.484 e. The van der Waals surface area contributed by atoms with Crippen molar-refractivity contribution < 1.29 is 9.53 Å². The van der Waals surface area contributed by atoms with Crippen LogP contribution in [-0.4, -0.2) is 23.3 Å². The molecule has 0 aliphatic rings. The third-order valence-electron chi connectivity index (χ3n) is 4.44. The molecule has 0 aliphatic heterocycles. The van der Waals surface area contributed by atoms with Crippen LogP contribution in [0.4, 0.5) is 0 Å². The van der Waals surface area contributed by atoms with E-state index in [1.807, 2.05) is 25.1 Å². The number of benzene rings is 2. The summed E-state index contributed by atoms with van der Waals surface area (Å²) in [6, 6.07) is 17.8. The van der Waals surface area contributed by atoms with Gasteiger partial charge in [-0.15, -0.1) is 0 Å². The van der Waals surface area contributed by atoms with Crippen LogP contribution in [0.1, 0.15) is 28.1 Å². The van der Waals surface area contributed by atoms with Crippen LogP contribution >= 0.6 is 0 Å². The standard InChI is InChI=1S/C23H25N3O2/c1-16-10-17(2)12-21(11-16)26-18(3)13-20(19(26)4)14-24-25-23(27)15-28-22-8-6-5-7-9-22/h5-14H,15H2,1-4H3,(H,25,27)/b24-14-. The van der Waals surface area contributed by atoms with E-state index in [1.165, 1.54) is 11.1 Å². The molecule has 0 aliphatic carbocycles. The van der Waals surface area contributed by atoms with Gasteiger partial charge in [0.1, 0.15) is 5.75 Å². The van der Waals surface area contributed by atoms with Crippen LogP contribution in [-0.2, 0) is 4.79 Å². The minimum atomic E-state index is -0.303. The summed E-state index contributed by atoms with van der Waals surface area (Å²) in [7, 11) is 0. The zero-order valence-corrected chi connectivity index (χ0v) is 16.7. The van der Waals surface area contributed by atoms with E-state index >= 15 is 0 Å². The summed E-state index contributed by atoms with van der Waals surface area (Å²) in [6.45, 7) is 8.23. The quantitative estimate of drug-likeness (QED) is 0.517.